The lowest BCUT2D eigenvalue weighted by Crippen LogP contribution is -2.50. The Labute approximate surface area is 215 Å². The molecule has 0 radical (unpaired) electrons. The molecule has 0 saturated heterocycles. The lowest BCUT2D eigenvalue weighted by molar-refractivity contribution is 0.0713. The molecule has 1 nitrogen and oxygen atoms in total. The van der Waals surface area contributed by atoms with E-state index in [1.54, 1.807) is 0 Å². The molecular weight excluding hydrogens is 474 g/mol. The van der Waals surface area contributed by atoms with E-state index >= 15 is 0 Å². The molecule has 0 aromatic carbocycles. The first kappa shape index (κ1) is 29.9. The Morgan fingerprint density at radius 3 is 2.31 bits per heavy atom. The monoisotopic (exact) mass is 525 g/mol. The maximum absolute atomic E-state index is 4.95. The van der Waals surface area contributed by atoms with Crippen molar-refractivity contribution >= 4 is 28.6 Å². The second-order valence-electron chi connectivity index (χ2n) is 12.0. The molecule has 0 aromatic rings. The van der Waals surface area contributed by atoms with Crippen LogP contribution in [-0.4, -0.2) is 20.0 Å². The van der Waals surface area contributed by atoms with Gasteiger partial charge in [-0.15, -0.1) is 0 Å². The Morgan fingerprint density at radius 2 is 1.88 bits per heavy atom. The van der Waals surface area contributed by atoms with Gasteiger partial charge in [-0.25, -0.2) is 0 Å². The average molecular weight is 527 g/mol. The lowest BCUT2D eigenvalue weighted by atomic mass is 9.66. The second-order valence-corrected chi connectivity index (χ2v) is 14.8. The molecule has 0 aliphatic heterocycles. The number of hydrogen-bond donors (Lipinski definition) is 1. The van der Waals surface area contributed by atoms with Gasteiger partial charge in [0.05, 0.1) is 0 Å². The van der Waals surface area contributed by atoms with Gasteiger partial charge in [0.1, 0.15) is 0 Å². The Kier molecular flexibility index (Phi) is 11.7. The van der Waals surface area contributed by atoms with E-state index in [1.807, 2.05) is 0 Å². The first-order chi connectivity index (χ1) is 14.7. The van der Waals surface area contributed by atoms with E-state index in [0.29, 0.717) is 22.6 Å². The SMILES string of the molecule is C/C=C(\C=C/C(CC)C(C)(C)C)N(C=CCC[C@H](C)Br)[C@@]1(C)CC[C@@H](C(C)(C)S)C(C)C1. The third-order valence-electron chi connectivity index (χ3n) is 7.54. The normalized spacial score (nSPS) is 27.8. The molecule has 1 saturated carbocycles. The Morgan fingerprint density at radius 1 is 1.25 bits per heavy atom. The molecule has 0 N–H and O–H groups in total. The van der Waals surface area contributed by atoms with Crippen molar-refractivity contribution in [2.45, 2.75) is 123 Å². The molecule has 1 aliphatic carbocycles. The van der Waals surface area contributed by atoms with Gasteiger partial charge >= 0.3 is 0 Å². The van der Waals surface area contributed by atoms with Crippen LogP contribution in [0.3, 0.4) is 0 Å². The summed E-state index contributed by atoms with van der Waals surface area (Å²) in [6.45, 7) is 23.3. The number of allylic oxidation sites excluding steroid dienone is 4. The van der Waals surface area contributed by atoms with Gasteiger partial charge in [0, 0.05) is 27.0 Å². The summed E-state index contributed by atoms with van der Waals surface area (Å²) in [5.74, 6) is 1.89. The molecule has 0 bridgehead atoms. The van der Waals surface area contributed by atoms with Crippen molar-refractivity contribution < 1.29 is 0 Å². The fraction of sp³-hybridized carbons (Fsp3) is 0.793. The van der Waals surface area contributed by atoms with Crippen LogP contribution in [0.1, 0.15) is 108 Å². The highest BCUT2D eigenvalue weighted by molar-refractivity contribution is 9.09. The van der Waals surface area contributed by atoms with Gasteiger partial charge in [-0.05, 0) is 81.6 Å². The van der Waals surface area contributed by atoms with Crippen molar-refractivity contribution in [1.82, 2.24) is 4.90 Å². The summed E-state index contributed by atoms with van der Waals surface area (Å²) in [6, 6.07) is 0. The van der Waals surface area contributed by atoms with Crippen LogP contribution >= 0.6 is 28.6 Å². The van der Waals surface area contributed by atoms with Crippen LogP contribution in [0.4, 0.5) is 0 Å². The smallest absolute Gasteiger partial charge is 0.0420 e. The molecule has 0 amide bonds. The van der Waals surface area contributed by atoms with Crippen LogP contribution in [0.2, 0.25) is 0 Å². The molecule has 1 fully saturated rings. The van der Waals surface area contributed by atoms with E-state index in [-0.39, 0.29) is 15.7 Å². The summed E-state index contributed by atoms with van der Waals surface area (Å²) in [5, 5.41) is 0. The summed E-state index contributed by atoms with van der Waals surface area (Å²) in [6.07, 6.45) is 19.0. The van der Waals surface area contributed by atoms with Crippen LogP contribution in [0, 0.1) is 23.2 Å². The predicted molar refractivity (Wildman–Crippen MR) is 153 cm³/mol. The Balaban J connectivity index is 3.24. The van der Waals surface area contributed by atoms with Crippen molar-refractivity contribution in [3.05, 3.63) is 36.2 Å². The molecule has 32 heavy (non-hydrogen) atoms. The predicted octanol–water partition coefficient (Wildman–Crippen LogP) is 9.80. The Bertz CT molecular complexity index is 649. The number of hydrogen-bond acceptors (Lipinski definition) is 2. The molecule has 3 heteroatoms. The molecule has 1 aliphatic rings. The zero-order valence-corrected chi connectivity index (χ0v) is 25.2. The van der Waals surface area contributed by atoms with Crippen molar-refractivity contribution in [2.75, 3.05) is 0 Å². The number of halogens is 1. The van der Waals surface area contributed by atoms with Gasteiger partial charge in [-0.2, -0.15) is 12.6 Å². The van der Waals surface area contributed by atoms with Crippen molar-refractivity contribution in [1.29, 1.82) is 0 Å². The van der Waals surface area contributed by atoms with Crippen molar-refractivity contribution in [2.24, 2.45) is 23.2 Å². The van der Waals surface area contributed by atoms with Gasteiger partial charge in [0.25, 0.3) is 0 Å². The maximum atomic E-state index is 4.95. The van der Waals surface area contributed by atoms with Crippen LogP contribution in [0.25, 0.3) is 0 Å². The van der Waals surface area contributed by atoms with Crippen LogP contribution < -0.4 is 0 Å². The second kappa shape index (κ2) is 12.5. The zero-order chi connectivity index (χ0) is 24.7. The van der Waals surface area contributed by atoms with Crippen LogP contribution in [0.15, 0.2) is 36.2 Å². The summed E-state index contributed by atoms with van der Waals surface area (Å²) in [7, 11) is 0. The molecule has 5 atom stereocenters. The molecule has 0 aromatic heterocycles. The number of rotatable bonds is 10. The van der Waals surface area contributed by atoms with E-state index < -0.39 is 0 Å². The fourth-order valence-electron chi connectivity index (χ4n) is 5.61. The summed E-state index contributed by atoms with van der Waals surface area (Å²) in [4.78, 5) is 3.15. The van der Waals surface area contributed by atoms with E-state index in [2.05, 4.69) is 121 Å². The fourth-order valence-corrected chi connectivity index (χ4v) is 6.26. The van der Waals surface area contributed by atoms with Gasteiger partial charge in [-0.3, -0.25) is 0 Å². The number of nitrogens with zero attached hydrogens (tertiary/aromatic N) is 1. The van der Waals surface area contributed by atoms with Crippen molar-refractivity contribution in [3.63, 3.8) is 0 Å². The number of thiol groups is 1. The summed E-state index contributed by atoms with van der Waals surface area (Å²) >= 11 is 8.65. The lowest BCUT2D eigenvalue weighted by Gasteiger charge is -2.51. The average Bonchev–Trinajstić information content (AvgIpc) is 2.63. The molecule has 2 unspecified atom stereocenters. The van der Waals surface area contributed by atoms with E-state index in [4.69, 9.17) is 12.6 Å². The Hall–Kier alpha value is -0.150. The third-order valence-corrected chi connectivity index (χ3v) is 8.33. The molecular formula is C29H52BrNS. The van der Waals surface area contributed by atoms with Crippen LogP contribution in [0.5, 0.6) is 0 Å². The van der Waals surface area contributed by atoms with Crippen LogP contribution in [-0.2, 0) is 0 Å². The summed E-state index contributed by atoms with van der Waals surface area (Å²) in [5.41, 5.74) is 1.74. The highest BCUT2D eigenvalue weighted by Gasteiger charge is 2.43. The van der Waals surface area contributed by atoms with E-state index in [1.165, 1.54) is 31.4 Å². The highest BCUT2D eigenvalue weighted by Crippen LogP contribution is 2.47. The van der Waals surface area contributed by atoms with Gasteiger partial charge < -0.3 is 4.90 Å². The van der Waals surface area contributed by atoms with E-state index in [9.17, 15) is 0 Å². The topological polar surface area (TPSA) is 3.24 Å². The highest BCUT2D eigenvalue weighted by atomic mass is 79.9. The quantitative estimate of drug-likeness (QED) is 0.168. The standard InChI is InChI=1S/C29H52BrNS/c1-11-24(27(5,6)7)16-17-25(12-2)31(20-14-13-15-23(4)30)29(10)19-18-26(22(3)21-29)28(8,9)32/h12,14,16-17,20,22-24,26,32H,11,13,15,18-19,21H2,1-10H3/b17-16-,20-14?,25-12+/t22?,23-,24?,26+,29-/m0/s1. The first-order valence-corrected chi connectivity index (χ1v) is 14.2. The minimum absolute atomic E-state index is 0.0812. The molecule has 1 rings (SSSR count). The molecule has 0 heterocycles. The zero-order valence-electron chi connectivity index (χ0n) is 22.7. The molecule has 186 valence electrons. The third kappa shape index (κ3) is 8.90. The minimum atomic E-state index is 0.0812. The maximum Gasteiger partial charge on any atom is 0.0420 e. The molecule has 0 spiro atoms. The van der Waals surface area contributed by atoms with Gasteiger partial charge in [0.15, 0.2) is 0 Å². The van der Waals surface area contributed by atoms with E-state index in [0.717, 1.165) is 12.8 Å². The van der Waals surface area contributed by atoms with Gasteiger partial charge in [-0.1, -0.05) is 89.5 Å². The van der Waals surface area contributed by atoms with Gasteiger partial charge in [0.2, 0.25) is 0 Å². The summed E-state index contributed by atoms with van der Waals surface area (Å²) < 4.78 is 0.0812. The van der Waals surface area contributed by atoms with Crippen molar-refractivity contribution in [3.8, 4) is 0 Å². The minimum Gasteiger partial charge on any atom is -0.343 e. The first-order valence-electron chi connectivity index (χ1n) is 12.8. The number of alkyl halides is 1. The largest absolute Gasteiger partial charge is 0.343 e.